The van der Waals surface area contributed by atoms with Crippen LogP contribution in [0.3, 0.4) is 0 Å². The van der Waals surface area contributed by atoms with Crippen LogP contribution in [0.15, 0.2) is 28.8 Å². The second kappa shape index (κ2) is 9.10. The van der Waals surface area contributed by atoms with E-state index >= 15 is 0 Å². The molecule has 1 aliphatic heterocycles. The van der Waals surface area contributed by atoms with Crippen LogP contribution < -0.4 is 4.74 Å². The first-order chi connectivity index (χ1) is 14.2. The molecule has 2 aromatic heterocycles. The van der Waals surface area contributed by atoms with Crippen molar-refractivity contribution >= 4 is 0 Å². The number of nitrogens with zero attached hydrogens (tertiary/aromatic N) is 8. The van der Waals surface area contributed by atoms with Gasteiger partial charge in [0.2, 0.25) is 11.7 Å². The predicted octanol–water partition coefficient (Wildman–Crippen LogP) is 1.46. The summed E-state index contributed by atoms with van der Waals surface area (Å²) in [6, 6.07) is 7.64. The predicted molar refractivity (Wildman–Crippen MR) is 105 cm³/mol. The van der Waals surface area contributed by atoms with Gasteiger partial charge in [0.1, 0.15) is 5.75 Å². The van der Waals surface area contributed by atoms with Gasteiger partial charge in [0, 0.05) is 38.3 Å². The molecule has 0 amide bonds. The first-order valence-electron chi connectivity index (χ1n) is 9.92. The van der Waals surface area contributed by atoms with Gasteiger partial charge in [-0.1, -0.05) is 12.1 Å². The molecule has 0 spiro atoms. The highest BCUT2D eigenvalue weighted by Crippen LogP contribution is 2.20. The number of rotatable bonds is 8. The van der Waals surface area contributed by atoms with E-state index in [-0.39, 0.29) is 0 Å². The van der Waals surface area contributed by atoms with Gasteiger partial charge >= 0.3 is 0 Å². The van der Waals surface area contributed by atoms with Crippen molar-refractivity contribution < 1.29 is 9.26 Å². The molecule has 3 aromatic rings. The highest BCUT2D eigenvalue weighted by molar-refractivity contribution is 5.55. The Morgan fingerprint density at radius 3 is 2.45 bits per heavy atom. The average molecular weight is 398 g/mol. The van der Waals surface area contributed by atoms with Gasteiger partial charge in [-0.05, 0) is 41.1 Å². The van der Waals surface area contributed by atoms with Crippen LogP contribution >= 0.6 is 0 Å². The molecule has 0 N–H and O–H groups in total. The molecule has 0 radical (unpaired) electrons. The van der Waals surface area contributed by atoms with Crippen molar-refractivity contribution in [3.05, 3.63) is 36.0 Å². The maximum Gasteiger partial charge on any atom is 0.241 e. The first kappa shape index (κ1) is 19.5. The SMILES string of the molecule is CCCn1nnnc1CN1CCN(Cc2nc(-c3ccc(OC)cc3)no2)CC1. The number of ether oxygens (including phenoxy) is 1. The monoisotopic (exact) mass is 398 g/mol. The van der Waals surface area contributed by atoms with E-state index in [2.05, 4.69) is 42.4 Å². The quantitative estimate of drug-likeness (QED) is 0.558. The van der Waals surface area contributed by atoms with Gasteiger partial charge in [0.05, 0.1) is 20.2 Å². The van der Waals surface area contributed by atoms with Gasteiger partial charge < -0.3 is 9.26 Å². The molecule has 1 aliphatic rings. The Labute approximate surface area is 169 Å². The Morgan fingerprint density at radius 2 is 1.76 bits per heavy atom. The van der Waals surface area contributed by atoms with Crippen LogP contribution in [-0.4, -0.2) is 73.4 Å². The fourth-order valence-corrected chi connectivity index (χ4v) is 3.40. The van der Waals surface area contributed by atoms with Gasteiger partial charge in [-0.2, -0.15) is 4.98 Å². The van der Waals surface area contributed by atoms with Crippen LogP contribution in [0.1, 0.15) is 25.1 Å². The Kier molecular flexibility index (Phi) is 6.11. The maximum absolute atomic E-state index is 5.46. The first-order valence-corrected chi connectivity index (χ1v) is 9.92. The van der Waals surface area contributed by atoms with Crippen LogP contribution in [0.2, 0.25) is 0 Å². The summed E-state index contributed by atoms with van der Waals surface area (Å²) in [5.41, 5.74) is 0.912. The second-order valence-corrected chi connectivity index (χ2v) is 7.11. The summed E-state index contributed by atoms with van der Waals surface area (Å²) in [5, 5.41) is 16.1. The van der Waals surface area contributed by atoms with Crippen LogP contribution in [0, 0.1) is 0 Å². The van der Waals surface area contributed by atoms with E-state index in [9.17, 15) is 0 Å². The van der Waals surface area contributed by atoms with Crippen LogP contribution in [0.5, 0.6) is 5.75 Å². The molecule has 0 saturated carbocycles. The molecule has 3 heterocycles. The van der Waals surface area contributed by atoms with Gasteiger partial charge in [0.15, 0.2) is 5.82 Å². The summed E-state index contributed by atoms with van der Waals surface area (Å²) in [7, 11) is 1.65. The topological polar surface area (TPSA) is 98.2 Å². The van der Waals surface area contributed by atoms with Crippen molar-refractivity contribution in [2.75, 3.05) is 33.3 Å². The Morgan fingerprint density at radius 1 is 1.03 bits per heavy atom. The van der Waals surface area contributed by atoms with Crippen LogP contribution in [0.4, 0.5) is 0 Å². The van der Waals surface area contributed by atoms with E-state index in [0.717, 1.165) is 62.8 Å². The minimum atomic E-state index is 0.601. The molecule has 1 fully saturated rings. The third kappa shape index (κ3) is 4.77. The molecule has 0 atom stereocenters. The molecule has 0 unspecified atom stereocenters. The third-order valence-electron chi connectivity index (χ3n) is 5.05. The number of methoxy groups -OCH3 is 1. The van der Waals surface area contributed by atoms with Crippen molar-refractivity contribution in [2.24, 2.45) is 0 Å². The molecule has 0 aliphatic carbocycles. The molecule has 4 rings (SSSR count). The summed E-state index contributed by atoms with van der Waals surface area (Å²) < 4.78 is 12.5. The summed E-state index contributed by atoms with van der Waals surface area (Å²) in [5.74, 6) is 2.97. The van der Waals surface area contributed by atoms with E-state index in [1.54, 1.807) is 7.11 Å². The molecule has 1 saturated heterocycles. The normalized spacial score (nSPS) is 15.7. The average Bonchev–Trinajstić information content (AvgIpc) is 3.40. The Bertz CT molecular complexity index is 899. The maximum atomic E-state index is 5.46. The fraction of sp³-hybridized carbons (Fsp3) is 0.526. The summed E-state index contributed by atoms with van der Waals surface area (Å²) in [6.45, 7) is 8.22. The number of aromatic nitrogens is 6. The van der Waals surface area contributed by atoms with E-state index in [0.29, 0.717) is 18.3 Å². The largest absolute Gasteiger partial charge is 0.497 e. The van der Waals surface area contributed by atoms with Crippen molar-refractivity contribution in [1.82, 2.24) is 40.1 Å². The zero-order valence-electron chi connectivity index (χ0n) is 16.9. The number of hydrogen-bond donors (Lipinski definition) is 0. The van der Waals surface area contributed by atoms with Crippen molar-refractivity contribution in [1.29, 1.82) is 0 Å². The molecule has 154 valence electrons. The minimum Gasteiger partial charge on any atom is -0.497 e. The standard InChI is InChI=1S/C19H26N8O2/c1-3-8-27-17(21-23-24-27)13-25-9-11-26(12-10-25)14-18-20-19(22-29-18)15-4-6-16(28-2)7-5-15/h4-7H,3,8-14H2,1-2H3. The fourth-order valence-electron chi connectivity index (χ4n) is 3.40. The van der Waals surface area contributed by atoms with Crippen molar-refractivity contribution in [3.63, 3.8) is 0 Å². The van der Waals surface area contributed by atoms with Crippen LogP contribution in [0.25, 0.3) is 11.4 Å². The Balaban J connectivity index is 1.28. The molecule has 1 aromatic carbocycles. The lowest BCUT2D eigenvalue weighted by Crippen LogP contribution is -2.45. The Hall–Kier alpha value is -2.85. The molecule has 0 bridgehead atoms. The molecular formula is C19H26N8O2. The lowest BCUT2D eigenvalue weighted by molar-refractivity contribution is 0.109. The summed E-state index contributed by atoms with van der Waals surface area (Å²) >= 11 is 0. The van der Waals surface area contributed by atoms with Crippen LogP contribution in [-0.2, 0) is 19.6 Å². The van der Waals surface area contributed by atoms with Gasteiger partial charge in [-0.3, -0.25) is 9.80 Å². The molecule has 10 nitrogen and oxygen atoms in total. The highest BCUT2D eigenvalue weighted by Gasteiger charge is 2.21. The molecular weight excluding hydrogens is 372 g/mol. The van der Waals surface area contributed by atoms with E-state index in [1.165, 1.54) is 0 Å². The van der Waals surface area contributed by atoms with Gasteiger partial charge in [-0.15, -0.1) is 5.10 Å². The molecule has 10 heteroatoms. The number of benzene rings is 1. The number of piperazine rings is 1. The zero-order valence-corrected chi connectivity index (χ0v) is 16.9. The number of aryl methyl sites for hydroxylation is 1. The number of hydrogen-bond acceptors (Lipinski definition) is 9. The van der Waals surface area contributed by atoms with Crippen molar-refractivity contribution in [2.45, 2.75) is 33.0 Å². The minimum absolute atomic E-state index is 0.601. The number of tetrazole rings is 1. The summed E-state index contributed by atoms with van der Waals surface area (Å²) in [4.78, 5) is 9.25. The van der Waals surface area contributed by atoms with Gasteiger partial charge in [0.25, 0.3) is 0 Å². The zero-order chi connectivity index (χ0) is 20.1. The van der Waals surface area contributed by atoms with E-state index in [1.807, 2.05) is 28.9 Å². The highest BCUT2D eigenvalue weighted by atomic mass is 16.5. The smallest absolute Gasteiger partial charge is 0.241 e. The summed E-state index contributed by atoms with van der Waals surface area (Å²) in [6.07, 6.45) is 1.02. The van der Waals surface area contributed by atoms with E-state index in [4.69, 9.17) is 9.26 Å². The van der Waals surface area contributed by atoms with Crippen molar-refractivity contribution in [3.8, 4) is 17.1 Å². The second-order valence-electron chi connectivity index (χ2n) is 7.11. The lowest BCUT2D eigenvalue weighted by atomic mass is 10.2. The lowest BCUT2D eigenvalue weighted by Gasteiger charge is -2.33. The third-order valence-corrected chi connectivity index (χ3v) is 5.05. The molecule has 29 heavy (non-hydrogen) atoms. The van der Waals surface area contributed by atoms with Gasteiger partial charge in [-0.25, -0.2) is 4.68 Å². The van der Waals surface area contributed by atoms with E-state index < -0.39 is 0 Å².